The van der Waals surface area contributed by atoms with Crippen molar-refractivity contribution in [2.75, 3.05) is 0 Å². The normalized spacial score (nSPS) is 12.8. The molecule has 0 rings (SSSR count). The van der Waals surface area contributed by atoms with Crippen LogP contribution < -0.4 is 5.32 Å². The molecule has 0 aliphatic carbocycles. The second kappa shape index (κ2) is 2.40. The summed E-state index contributed by atoms with van der Waals surface area (Å²) in [6, 6.07) is 0. The van der Waals surface area contributed by atoms with Gasteiger partial charge in [0.1, 0.15) is 0 Å². The SMILES string of the molecule is CC(C)(C)[N]C(F)F. The highest BCUT2D eigenvalue weighted by atomic mass is 19.3. The molecule has 0 bridgehead atoms. The third-order valence-electron chi connectivity index (χ3n) is 0.485. The fourth-order valence-corrected chi connectivity index (χ4v) is 0.293. The first-order chi connectivity index (χ1) is 3.42. The summed E-state index contributed by atoms with van der Waals surface area (Å²) in [5.41, 5.74) is -0.603. The van der Waals surface area contributed by atoms with Gasteiger partial charge in [0.05, 0.1) is 0 Å². The van der Waals surface area contributed by atoms with Crippen LogP contribution in [0.25, 0.3) is 0 Å². The molecule has 0 spiro atoms. The van der Waals surface area contributed by atoms with Crippen LogP contribution in [0.2, 0.25) is 0 Å². The van der Waals surface area contributed by atoms with Crippen molar-refractivity contribution in [1.82, 2.24) is 5.32 Å². The summed E-state index contributed by atoms with van der Waals surface area (Å²) in [6.45, 7) is 2.38. The number of halogens is 2. The molecule has 1 nitrogen and oxygen atoms in total. The van der Waals surface area contributed by atoms with Gasteiger partial charge in [-0.2, -0.15) is 14.1 Å². The van der Waals surface area contributed by atoms with Crippen molar-refractivity contribution in [3.05, 3.63) is 0 Å². The number of nitrogens with zero attached hydrogens (tertiary/aromatic N) is 1. The maximum absolute atomic E-state index is 11.4. The van der Waals surface area contributed by atoms with Crippen molar-refractivity contribution >= 4 is 0 Å². The summed E-state index contributed by atoms with van der Waals surface area (Å²) in [5, 5.41) is 3.08. The first kappa shape index (κ1) is 7.82. The van der Waals surface area contributed by atoms with Gasteiger partial charge < -0.3 is 0 Å². The maximum atomic E-state index is 11.4. The van der Waals surface area contributed by atoms with Crippen molar-refractivity contribution < 1.29 is 8.78 Å². The minimum absolute atomic E-state index is 0.603. The van der Waals surface area contributed by atoms with Crippen molar-refractivity contribution in [1.29, 1.82) is 0 Å². The maximum Gasteiger partial charge on any atom is 0.307 e. The van der Waals surface area contributed by atoms with Gasteiger partial charge in [0.2, 0.25) is 0 Å². The lowest BCUT2D eigenvalue weighted by molar-refractivity contribution is 0.0718. The molecule has 0 aromatic heterocycles. The van der Waals surface area contributed by atoms with E-state index in [-0.39, 0.29) is 0 Å². The highest BCUT2D eigenvalue weighted by molar-refractivity contribution is 4.67. The Kier molecular flexibility index (Phi) is 2.34. The molecule has 0 aliphatic rings. The molecule has 0 atom stereocenters. The van der Waals surface area contributed by atoms with Gasteiger partial charge in [-0.3, -0.25) is 0 Å². The van der Waals surface area contributed by atoms with Crippen LogP contribution in [0.4, 0.5) is 8.78 Å². The molecule has 1 radical (unpaired) electrons. The third kappa shape index (κ3) is 5.82. The average molecular weight is 122 g/mol. The Morgan fingerprint density at radius 1 is 1.25 bits per heavy atom. The van der Waals surface area contributed by atoms with Gasteiger partial charge in [-0.25, -0.2) is 0 Å². The molecule has 49 valence electrons. The number of hydrogen-bond donors (Lipinski definition) is 0. The molecule has 0 heterocycles. The summed E-state index contributed by atoms with van der Waals surface area (Å²) in [5.74, 6) is 0. The highest BCUT2D eigenvalue weighted by Gasteiger charge is 2.16. The molecule has 0 aromatic carbocycles. The highest BCUT2D eigenvalue weighted by Crippen LogP contribution is 2.04. The molecule has 3 heteroatoms. The van der Waals surface area contributed by atoms with E-state index in [0.29, 0.717) is 0 Å². The van der Waals surface area contributed by atoms with Crippen LogP contribution in [0.1, 0.15) is 20.8 Å². The van der Waals surface area contributed by atoms with Crippen molar-refractivity contribution in [2.24, 2.45) is 0 Å². The zero-order chi connectivity index (χ0) is 6.78. The first-order valence-electron chi connectivity index (χ1n) is 2.42. The van der Waals surface area contributed by atoms with Gasteiger partial charge in [-0.15, -0.1) is 0 Å². The van der Waals surface area contributed by atoms with E-state index in [9.17, 15) is 8.78 Å². The lowest BCUT2D eigenvalue weighted by Gasteiger charge is -2.16. The quantitative estimate of drug-likeness (QED) is 0.469. The largest absolute Gasteiger partial charge is 0.307 e. The zero-order valence-corrected chi connectivity index (χ0v) is 5.28. The van der Waals surface area contributed by atoms with Crippen LogP contribution in [-0.4, -0.2) is 12.1 Å². The monoisotopic (exact) mass is 122 g/mol. The molecule has 0 fully saturated rings. The van der Waals surface area contributed by atoms with Crippen LogP contribution in [-0.2, 0) is 0 Å². The Labute approximate surface area is 48.1 Å². The van der Waals surface area contributed by atoms with Gasteiger partial charge >= 0.3 is 6.55 Å². The summed E-state index contributed by atoms with van der Waals surface area (Å²) in [4.78, 5) is 0. The van der Waals surface area contributed by atoms with E-state index in [1.54, 1.807) is 20.8 Å². The van der Waals surface area contributed by atoms with E-state index >= 15 is 0 Å². The standard InChI is InChI=1S/C5H10F2N/c1-5(2,3)8-4(6)7/h4H,1-3H3. The molecular formula is C5H10F2N. The Morgan fingerprint density at radius 3 is 1.62 bits per heavy atom. The van der Waals surface area contributed by atoms with Crippen molar-refractivity contribution in [3.8, 4) is 0 Å². The number of hydrogen-bond acceptors (Lipinski definition) is 0. The number of rotatable bonds is 1. The van der Waals surface area contributed by atoms with Gasteiger partial charge in [0.15, 0.2) is 0 Å². The molecule has 0 aromatic rings. The molecule has 8 heavy (non-hydrogen) atoms. The number of alkyl halides is 2. The topological polar surface area (TPSA) is 14.1 Å². The smallest absolute Gasteiger partial charge is 0.190 e. The molecule has 0 N–H and O–H groups in total. The van der Waals surface area contributed by atoms with E-state index in [0.717, 1.165) is 0 Å². The second-order valence-electron chi connectivity index (χ2n) is 2.58. The van der Waals surface area contributed by atoms with Crippen LogP contribution in [0, 0.1) is 0 Å². The minimum atomic E-state index is -2.53. The molecule has 0 amide bonds. The van der Waals surface area contributed by atoms with E-state index in [1.807, 2.05) is 0 Å². The van der Waals surface area contributed by atoms with Crippen molar-refractivity contribution in [3.63, 3.8) is 0 Å². The lowest BCUT2D eigenvalue weighted by Crippen LogP contribution is -2.32. The second-order valence-corrected chi connectivity index (χ2v) is 2.58. The summed E-state index contributed by atoms with van der Waals surface area (Å²) >= 11 is 0. The molecule has 0 unspecified atom stereocenters. The first-order valence-corrected chi connectivity index (χ1v) is 2.42. The van der Waals surface area contributed by atoms with E-state index in [4.69, 9.17) is 0 Å². The van der Waals surface area contributed by atoms with Gasteiger partial charge in [0, 0.05) is 5.54 Å². The molecule has 0 saturated carbocycles. The Balaban J connectivity index is 3.39. The Morgan fingerprint density at radius 2 is 1.62 bits per heavy atom. The van der Waals surface area contributed by atoms with Gasteiger partial charge in [-0.1, -0.05) is 0 Å². The fraction of sp³-hybridized carbons (Fsp3) is 1.00. The predicted molar refractivity (Wildman–Crippen MR) is 27.9 cm³/mol. The lowest BCUT2D eigenvalue weighted by atomic mass is 10.1. The van der Waals surface area contributed by atoms with Crippen LogP contribution in [0.3, 0.4) is 0 Å². The summed E-state index contributed by atoms with van der Waals surface area (Å²) in [7, 11) is 0. The van der Waals surface area contributed by atoms with Crippen LogP contribution in [0.5, 0.6) is 0 Å². The molecule has 0 aliphatic heterocycles. The molecule has 0 saturated heterocycles. The summed E-state index contributed by atoms with van der Waals surface area (Å²) < 4.78 is 22.7. The van der Waals surface area contributed by atoms with Gasteiger partial charge in [0.25, 0.3) is 0 Å². The van der Waals surface area contributed by atoms with Crippen molar-refractivity contribution in [2.45, 2.75) is 32.9 Å². The third-order valence-corrected chi connectivity index (χ3v) is 0.485. The molecular weight excluding hydrogens is 112 g/mol. The van der Waals surface area contributed by atoms with Crippen LogP contribution in [0.15, 0.2) is 0 Å². The Hall–Kier alpha value is -0.180. The fourth-order valence-electron chi connectivity index (χ4n) is 0.293. The predicted octanol–water partition coefficient (Wildman–Crippen LogP) is 1.61. The zero-order valence-electron chi connectivity index (χ0n) is 5.28. The van der Waals surface area contributed by atoms with E-state index < -0.39 is 12.1 Å². The minimum Gasteiger partial charge on any atom is -0.190 e. The van der Waals surface area contributed by atoms with Crippen LogP contribution >= 0.6 is 0 Å². The van der Waals surface area contributed by atoms with Gasteiger partial charge in [-0.05, 0) is 20.8 Å². The van der Waals surface area contributed by atoms with E-state index in [2.05, 4.69) is 5.32 Å². The van der Waals surface area contributed by atoms with E-state index in [1.165, 1.54) is 0 Å². The Bertz CT molecular complexity index is 65.3. The summed E-state index contributed by atoms with van der Waals surface area (Å²) in [6.07, 6.45) is 0. The average Bonchev–Trinajstić information content (AvgIpc) is 1.21.